The Morgan fingerprint density at radius 2 is 2.00 bits per heavy atom. The molecule has 1 rings (SSSR count). The van der Waals surface area contributed by atoms with Crippen LogP contribution in [0.4, 0.5) is 0 Å². The predicted molar refractivity (Wildman–Crippen MR) is 85.6 cm³/mol. The van der Waals surface area contributed by atoms with E-state index in [0.29, 0.717) is 17.1 Å². The van der Waals surface area contributed by atoms with Gasteiger partial charge in [0.05, 0.1) is 17.9 Å². The molecule has 0 fully saturated rings. The molecule has 0 aliphatic heterocycles. The Morgan fingerprint density at radius 3 is 2.55 bits per heavy atom. The lowest BCUT2D eigenvalue weighted by atomic mass is 10.1. The molecule has 2 atom stereocenters. The summed E-state index contributed by atoms with van der Waals surface area (Å²) < 4.78 is 17.5. The maximum atomic E-state index is 12.4. The van der Waals surface area contributed by atoms with Crippen molar-refractivity contribution in [1.29, 1.82) is 0 Å². The van der Waals surface area contributed by atoms with Gasteiger partial charge in [0, 0.05) is 4.90 Å². The average Bonchev–Trinajstić information content (AvgIpc) is 2.56. The molecule has 0 aromatic heterocycles. The predicted octanol–water partition coefficient (Wildman–Crippen LogP) is 2.56. The zero-order chi connectivity index (χ0) is 17.0. The van der Waals surface area contributed by atoms with E-state index in [1.165, 1.54) is 7.11 Å². The van der Waals surface area contributed by atoms with Gasteiger partial charge in [-0.25, -0.2) is 5.90 Å². The van der Waals surface area contributed by atoms with Crippen LogP contribution >= 0.6 is 0 Å². The summed E-state index contributed by atoms with van der Waals surface area (Å²) in [5, 5.41) is 14.9. The van der Waals surface area contributed by atoms with Gasteiger partial charge in [-0.2, -0.15) is 0 Å². The molecule has 0 bridgehead atoms. The Hall–Kier alpha value is -1.44. The van der Waals surface area contributed by atoms with Gasteiger partial charge >= 0.3 is 5.97 Å². The van der Waals surface area contributed by atoms with Crippen LogP contribution in [0.5, 0.6) is 5.75 Å². The minimum atomic E-state index is -1.55. The molecule has 0 saturated heterocycles. The van der Waals surface area contributed by atoms with Crippen LogP contribution in [-0.2, 0) is 15.6 Å². The fraction of sp³-hybridized carbons (Fsp3) is 0.533. The van der Waals surface area contributed by atoms with E-state index in [1.807, 2.05) is 0 Å². The van der Waals surface area contributed by atoms with Gasteiger partial charge in [-0.3, -0.25) is 9.00 Å². The molecule has 0 aliphatic carbocycles. The van der Waals surface area contributed by atoms with Gasteiger partial charge in [-0.15, -0.1) is 0 Å². The summed E-state index contributed by atoms with van der Waals surface area (Å²) in [6, 6.07) is 6.79. The van der Waals surface area contributed by atoms with Crippen molar-refractivity contribution in [3.63, 3.8) is 0 Å². The summed E-state index contributed by atoms with van der Waals surface area (Å²) in [6.07, 6.45) is 4.39. The summed E-state index contributed by atoms with van der Waals surface area (Å²) in [6.45, 7) is 2.10. The lowest BCUT2D eigenvalue weighted by molar-refractivity contribution is -0.136. The van der Waals surface area contributed by atoms with Gasteiger partial charge in [0.1, 0.15) is 11.0 Å². The van der Waals surface area contributed by atoms with Crippen molar-refractivity contribution in [3.05, 3.63) is 24.3 Å². The molecule has 126 valence electrons. The maximum absolute atomic E-state index is 12.4. The fourth-order valence-corrected chi connectivity index (χ4v) is 3.31. The van der Waals surface area contributed by atoms with Gasteiger partial charge in [0.15, 0.2) is 0 Å². The topological polar surface area (TPSA) is 110 Å². The van der Waals surface area contributed by atoms with E-state index < -0.39 is 22.0 Å². The van der Waals surface area contributed by atoms with E-state index in [1.54, 1.807) is 24.3 Å². The number of nitrogens with two attached hydrogens (primary N) is 1. The van der Waals surface area contributed by atoms with Crippen LogP contribution in [0.25, 0.3) is 0 Å². The molecule has 0 amide bonds. The van der Waals surface area contributed by atoms with E-state index in [-0.39, 0.29) is 0 Å². The highest BCUT2D eigenvalue weighted by molar-refractivity contribution is 7.86. The summed E-state index contributed by atoms with van der Waals surface area (Å²) >= 11 is 0. The third kappa shape index (κ3) is 7.02. The quantitative estimate of drug-likeness (QED) is 0.474. The third-order valence-electron chi connectivity index (χ3n) is 3.13. The number of hydrogen-bond donors (Lipinski definition) is 3. The van der Waals surface area contributed by atoms with Gasteiger partial charge in [-0.05, 0) is 24.6 Å². The first-order valence-electron chi connectivity index (χ1n) is 7.13. The molecular formula is C15H25NO5S. The molecule has 2 unspecified atom stereocenters. The maximum Gasteiger partial charge on any atom is 0.319 e. The number of rotatable bonds is 9. The summed E-state index contributed by atoms with van der Waals surface area (Å²) in [5.74, 6) is 3.09. The van der Waals surface area contributed by atoms with Crippen LogP contribution < -0.4 is 10.6 Å². The highest BCUT2D eigenvalue weighted by atomic mass is 32.2. The normalized spacial score (nSPS) is 12.7. The number of unbranched alkanes of at least 4 members (excludes halogenated alkanes) is 3. The number of benzene rings is 1. The van der Waals surface area contributed by atoms with Gasteiger partial charge in [-0.1, -0.05) is 38.7 Å². The second kappa shape index (κ2) is 12.1. The van der Waals surface area contributed by atoms with Crippen LogP contribution in [0.1, 0.15) is 39.0 Å². The number of carbonyl (C=O) groups is 1. The number of ether oxygens (including phenoxy) is 1. The molecule has 4 N–H and O–H groups in total. The minimum absolute atomic E-state index is 0.444. The molecule has 7 heteroatoms. The molecule has 0 spiro atoms. The monoisotopic (exact) mass is 331 g/mol. The van der Waals surface area contributed by atoms with Gasteiger partial charge in [0.25, 0.3) is 0 Å². The molecule has 0 radical (unpaired) electrons. The first-order chi connectivity index (χ1) is 10.6. The molecule has 1 aromatic carbocycles. The number of carboxylic acid groups (broad SMARTS) is 1. The fourth-order valence-electron chi connectivity index (χ4n) is 1.97. The van der Waals surface area contributed by atoms with Crippen molar-refractivity contribution in [3.8, 4) is 5.75 Å². The van der Waals surface area contributed by atoms with Crippen molar-refractivity contribution in [1.82, 2.24) is 0 Å². The SMILES string of the molecule is CCCCCCC(C(=O)O)S(=O)c1cccc(OC)c1.NO. The van der Waals surface area contributed by atoms with Crippen molar-refractivity contribution < 1.29 is 24.1 Å². The van der Waals surface area contributed by atoms with E-state index in [2.05, 4.69) is 12.8 Å². The molecule has 0 saturated carbocycles. The minimum Gasteiger partial charge on any atom is -0.497 e. The smallest absolute Gasteiger partial charge is 0.319 e. The lowest BCUT2D eigenvalue weighted by Crippen LogP contribution is -2.25. The average molecular weight is 331 g/mol. The van der Waals surface area contributed by atoms with Crippen LogP contribution in [0.3, 0.4) is 0 Å². The van der Waals surface area contributed by atoms with Crippen molar-refractivity contribution in [2.75, 3.05) is 7.11 Å². The largest absolute Gasteiger partial charge is 0.497 e. The Bertz CT molecular complexity index is 467. The molecule has 0 aliphatic rings. The molecule has 0 heterocycles. The van der Waals surface area contributed by atoms with Crippen LogP contribution in [0.2, 0.25) is 0 Å². The van der Waals surface area contributed by atoms with E-state index in [0.717, 1.165) is 25.7 Å². The Labute approximate surface area is 133 Å². The number of hydrogen-bond acceptors (Lipinski definition) is 5. The zero-order valence-corrected chi connectivity index (χ0v) is 13.8. The van der Waals surface area contributed by atoms with Crippen LogP contribution in [0.15, 0.2) is 29.2 Å². The first kappa shape index (κ1) is 20.6. The summed E-state index contributed by atoms with van der Waals surface area (Å²) in [7, 11) is -0.0189. The Balaban J connectivity index is 0.00000211. The standard InChI is InChI=1S/C15H22O4S.H3NO/c1-3-4-5-6-10-14(15(16)17)20(18)13-9-7-8-12(11-13)19-2;1-2/h7-9,11,14H,3-6,10H2,1-2H3,(H,16,17);2H,1H2. The highest BCUT2D eigenvalue weighted by Gasteiger charge is 2.25. The first-order valence-corrected chi connectivity index (χ1v) is 8.34. The van der Waals surface area contributed by atoms with Crippen molar-refractivity contribution in [2.24, 2.45) is 5.90 Å². The van der Waals surface area contributed by atoms with E-state index in [9.17, 15) is 14.1 Å². The Morgan fingerprint density at radius 1 is 1.32 bits per heavy atom. The van der Waals surface area contributed by atoms with Gasteiger partial charge in [0.2, 0.25) is 0 Å². The number of methoxy groups -OCH3 is 1. The zero-order valence-electron chi connectivity index (χ0n) is 13.0. The number of aliphatic carboxylic acids is 1. The molecule has 6 nitrogen and oxygen atoms in total. The lowest BCUT2D eigenvalue weighted by Gasteiger charge is -2.12. The molecular weight excluding hydrogens is 306 g/mol. The van der Waals surface area contributed by atoms with Crippen molar-refractivity contribution >= 4 is 16.8 Å². The van der Waals surface area contributed by atoms with Gasteiger partial charge < -0.3 is 15.1 Å². The molecule has 1 aromatic rings. The number of carboxylic acids is 1. The van der Waals surface area contributed by atoms with E-state index in [4.69, 9.17) is 9.94 Å². The second-order valence-electron chi connectivity index (χ2n) is 4.65. The summed E-state index contributed by atoms with van der Waals surface area (Å²) in [5.41, 5.74) is 0. The van der Waals surface area contributed by atoms with E-state index >= 15 is 0 Å². The second-order valence-corrected chi connectivity index (χ2v) is 6.29. The Kier molecular flexibility index (Phi) is 11.3. The highest BCUT2D eigenvalue weighted by Crippen LogP contribution is 2.21. The van der Waals surface area contributed by atoms with Crippen LogP contribution in [-0.4, -0.2) is 32.9 Å². The summed E-state index contributed by atoms with van der Waals surface area (Å²) in [4.78, 5) is 11.8. The van der Waals surface area contributed by atoms with Crippen molar-refractivity contribution in [2.45, 2.75) is 49.2 Å². The third-order valence-corrected chi connectivity index (χ3v) is 4.80. The van der Waals surface area contributed by atoms with Crippen LogP contribution in [0, 0.1) is 0 Å². The molecule has 22 heavy (non-hydrogen) atoms.